The van der Waals surface area contributed by atoms with Gasteiger partial charge in [-0.1, -0.05) is 18.2 Å². The average molecular weight is 236 g/mol. The number of carbonyl (C=O) groups is 2. The van der Waals surface area contributed by atoms with E-state index in [4.69, 9.17) is 10.8 Å². The molecule has 0 bridgehead atoms. The minimum Gasteiger partial charge on any atom is -0.481 e. The number of para-hydroxylation sites is 1. The second kappa shape index (κ2) is 5.45. The third-order valence-electron chi connectivity index (χ3n) is 2.52. The molecule has 0 aromatic heterocycles. The summed E-state index contributed by atoms with van der Waals surface area (Å²) in [5.41, 5.74) is 7.21. The van der Waals surface area contributed by atoms with Crippen LogP contribution in [0.15, 0.2) is 24.3 Å². The maximum absolute atomic E-state index is 11.9. The van der Waals surface area contributed by atoms with Crippen LogP contribution in [-0.4, -0.2) is 30.1 Å². The van der Waals surface area contributed by atoms with Crippen LogP contribution < -0.4 is 10.6 Å². The number of aliphatic carboxylic acids is 1. The topological polar surface area (TPSA) is 83.6 Å². The number of anilines is 1. The third kappa shape index (κ3) is 3.29. The van der Waals surface area contributed by atoms with Crippen LogP contribution in [-0.2, 0) is 9.59 Å². The summed E-state index contributed by atoms with van der Waals surface area (Å²) in [5.74, 6) is -1.48. The van der Waals surface area contributed by atoms with Gasteiger partial charge in [-0.3, -0.25) is 9.59 Å². The van der Waals surface area contributed by atoms with Crippen molar-refractivity contribution in [2.24, 2.45) is 5.73 Å². The van der Waals surface area contributed by atoms with Gasteiger partial charge >= 0.3 is 5.97 Å². The Morgan fingerprint density at radius 3 is 2.53 bits per heavy atom. The van der Waals surface area contributed by atoms with E-state index in [9.17, 15) is 9.59 Å². The summed E-state index contributed by atoms with van der Waals surface area (Å²) >= 11 is 0. The van der Waals surface area contributed by atoms with Crippen molar-refractivity contribution in [1.82, 2.24) is 0 Å². The summed E-state index contributed by atoms with van der Waals surface area (Å²) in [4.78, 5) is 23.8. The molecule has 3 N–H and O–H groups in total. The highest BCUT2D eigenvalue weighted by atomic mass is 16.4. The van der Waals surface area contributed by atoms with Gasteiger partial charge in [-0.15, -0.1) is 0 Å². The molecular weight excluding hydrogens is 220 g/mol. The Kier molecular flexibility index (Phi) is 4.23. The molecule has 1 aromatic rings. The normalized spacial score (nSPS) is 11.9. The zero-order chi connectivity index (χ0) is 13.0. The van der Waals surface area contributed by atoms with Crippen LogP contribution in [0.1, 0.15) is 12.0 Å². The minimum atomic E-state index is -1.08. The molecule has 17 heavy (non-hydrogen) atoms. The highest BCUT2D eigenvalue weighted by Gasteiger charge is 2.22. The monoisotopic (exact) mass is 236 g/mol. The molecule has 1 unspecified atom stereocenters. The number of benzene rings is 1. The minimum absolute atomic E-state index is 0.366. The molecule has 1 amide bonds. The number of hydrogen-bond donors (Lipinski definition) is 2. The van der Waals surface area contributed by atoms with Gasteiger partial charge in [-0.25, -0.2) is 0 Å². The number of rotatable bonds is 4. The van der Waals surface area contributed by atoms with Crippen molar-refractivity contribution in [2.45, 2.75) is 19.4 Å². The third-order valence-corrected chi connectivity index (χ3v) is 2.52. The first-order valence-corrected chi connectivity index (χ1v) is 5.24. The van der Waals surface area contributed by atoms with Gasteiger partial charge in [0.15, 0.2) is 0 Å². The van der Waals surface area contributed by atoms with Crippen LogP contribution in [0.4, 0.5) is 5.69 Å². The largest absolute Gasteiger partial charge is 0.481 e. The van der Waals surface area contributed by atoms with Crippen molar-refractivity contribution in [2.75, 3.05) is 11.9 Å². The molecule has 92 valence electrons. The second-order valence-corrected chi connectivity index (χ2v) is 3.89. The first-order chi connectivity index (χ1) is 7.93. The van der Waals surface area contributed by atoms with Gasteiger partial charge in [-0.05, 0) is 18.6 Å². The molecule has 1 rings (SSSR count). The number of carboxylic acids is 1. The maximum Gasteiger partial charge on any atom is 0.305 e. The van der Waals surface area contributed by atoms with Crippen molar-refractivity contribution >= 4 is 17.6 Å². The summed E-state index contributed by atoms with van der Waals surface area (Å²) in [5, 5.41) is 8.59. The molecule has 0 radical (unpaired) electrons. The first kappa shape index (κ1) is 13.2. The maximum atomic E-state index is 11.9. The Balaban J connectivity index is 2.83. The zero-order valence-corrected chi connectivity index (χ0v) is 9.88. The standard InChI is InChI=1S/C12H16N2O3/c1-8-5-3-4-6-10(8)14(2)12(17)9(13)7-11(15)16/h3-6,9H,7,13H2,1-2H3,(H,15,16). The highest BCUT2D eigenvalue weighted by molar-refractivity contribution is 5.98. The first-order valence-electron chi connectivity index (χ1n) is 5.24. The lowest BCUT2D eigenvalue weighted by molar-refractivity contribution is -0.139. The fourth-order valence-electron chi connectivity index (χ4n) is 1.58. The van der Waals surface area contributed by atoms with Crippen molar-refractivity contribution in [3.63, 3.8) is 0 Å². The van der Waals surface area contributed by atoms with E-state index < -0.39 is 17.9 Å². The molecule has 0 saturated carbocycles. The highest BCUT2D eigenvalue weighted by Crippen LogP contribution is 2.18. The number of amides is 1. The van der Waals surface area contributed by atoms with Gasteiger partial charge in [0, 0.05) is 12.7 Å². The smallest absolute Gasteiger partial charge is 0.305 e. The Morgan fingerprint density at radius 2 is 2.00 bits per heavy atom. The number of aryl methyl sites for hydroxylation is 1. The number of nitrogens with zero attached hydrogens (tertiary/aromatic N) is 1. The number of carboxylic acid groups (broad SMARTS) is 1. The Hall–Kier alpha value is -1.88. The van der Waals surface area contributed by atoms with Crippen molar-refractivity contribution < 1.29 is 14.7 Å². The van der Waals surface area contributed by atoms with E-state index >= 15 is 0 Å². The van der Waals surface area contributed by atoms with Crippen LogP contribution in [0.25, 0.3) is 0 Å². The predicted octanol–water partition coefficient (Wildman–Crippen LogP) is 0.760. The van der Waals surface area contributed by atoms with E-state index in [1.165, 1.54) is 4.90 Å². The van der Waals surface area contributed by atoms with Crippen molar-refractivity contribution in [1.29, 1.82) is 0 Å². The van der Waals surface area contributed by atoms with Gasteiger partial charge in [0.1, 0.15) is 0 Å². The molecule has 0 spiro atoms. The fraction of sp³-hybridized carbons (Fsp3) is 0.333. The zero-order valence-electron chi connectivity index (χ0n) is 9.88. The quantitative estimate of drug-likeness (QED) is 0.808. The number of carbonyl (C=O) groups excluding carboxylic acids is 1. The van der Waals surface area contributed by atoms with E-state index in [0.717, 1.165) is 11.3 Å². The van der Waals surface area contributed by atoms with Gasteiger partial charge in [0.2, 0.25) is 5.91 Å². The lowest BCUT2D eigenvalue weighted by Gasteiger charge is -2.22. The molecule has 0 aliphatic heterocycles. The van der Waals surface area contributed by atoms with Gasteiger partial charge in [-0.2, -0.15) is 0 Å². The van der Waals surface area contributed by atoms with E-state index in [2.05, 4.69) is 0 Å². The molecule has 0 saturated heterocycles. The summed E-state index contributed by atoms with van der Waals surface area (Å²) in [6.45, 7) is 1.88. The molecule has 5 nitrogen and oxygen atoms in total. The van der Waals surface area contributed by atoms with Gasteiger partial charge in [0.05, 0.1) is 12.5 Å². The van der Waals surface area contributed by atoms with Gasteiger partial charge in [0.25, 0.3) is 0 Å². The second-order valence-electron chi connectivity index (χ2n) is 3.89. The summed E-state index contributed by atoms with van der Waals surface area (Å²) in [7, 11) is 1.59. The predicted molar refractivity (Wildman–Crippen MR) is 64.8 cm³/mol. The van der Waals surface area contributed by atoms with Crippen LogP contribution in [0.2, 0.25) is 0 Å². The molecule has 1 atom stereocenters. The number of likely N-dealkylation sites (N-methyl/N-ethyl adjacent to an activating group) is 1. The van der Waals surface area contributed by atoms with Crippen LogP contribution in [0.3, 0.4) is 0 Å². The van der Waals surface area contributed by atoms with Crippen molar-refractivity contribution in [3.8, 4) is 0 Å². The average Bonchev–Trinajstić information content (AvgIpc) is 2.27. The van der Waals surface area contributed by atoms with E-state index in [0.29, 0.717) is 0 Å². The van der Waals surface area contributed by atoms with Crippen LogP contribution in [0, 0.1) is 6.92 Å². The number of nitrogens with two attached hydrogens (primary N) is 1. The van der Waals surface area contributed by atoms with Crippen molar-refractivity contribution in [3.05, 3.63) is 29.8 Å². The van der Waals surface area contributed by atoms with E-state index in [1.807, 2.05) is 25.1 Å². The number of hydrogen-bond acceptors (Lipinski definition) is 3. The molecule has 0 fully saturated rings. The Morgan fingerprint density at radius 1 is 1.41 bits per heavy atom. The molecular formula is C12H16N2O3. The lowest BCUT2D eigenvalue weighted by Crippen LogP contribution is -2.43. The molecule has 0 aliphatic carbocycles. The molecule has 0 heterocycles. The van der Waals surface area contributed by atoms with E-state index in [-0.39, 0.29) is 6.42 Å². The molecule has 1 aromatic carbocycles. The lowest BCUT2D eigenvalue weighted by atomic mass is 10.1. The van der Waals surface area contributed by atoms with Crippen LogP contribution >= 0.6 is 0 Å². The van der Waals surface area contributed by atoms with Crippen LogP contribution in [0.5, 0.6) is 0 Å². The Bertz CT molecular complexity index is 432. The Labute approximate surface area is 99.8 Å². The summed E-state index contributed by atoms with van der Waals surface area (Å²) in [6.07, 6.45) is -0.366. The van der Waals surface area contributed by atoms with Gasteiger partial charge < -0.3 is 15.7 Å². The SMILES string of the molecule is Cc1ccccc1N(C)C(=O)C(N)CC(=O)O. The molecule has 0 aliphatic rings. The molecule has 5 heteroatoms. The fourth-order valence-corrected chi connectivity index (χ4v) is 1.58. The van der Waals surface area contributed by atoms with E-state index in [1.54, 1.807) is 13.1 Å². The summed E-state index contributed by atoms with van der Waals surface area (Å²) < 4.78 is 0. The summed E-state index contributed by atoms with van der Waals surface area (Å²) in [6, 6.07) is 6.34.